The first kappa shape index (κ1) is 11.6. The van der Waals surface area contributed by atoms with E-state index in [4.69, 9.17) is 0 Å². The second-order valence-electron chi connectivity index (χ2n) is 3.32. The molecule has 80 valence electrons. The summed E-state index contributed by atoms with van der Waals surface area (Å²) in [6, 6.07) is 15.1. The van der Waals surface area contributed by atoms with Crippen molar-refractivity contribution in [3.8, 4) is 11.1 Å². The van der Waals surface area contributed by atoms with Crippen LogP contribution >= 0.6 is 31.9 Å². The van der Waals surface area contributed by atoms with Gasteiger partial charge in [-0.1, -0.05) is 46.3 Å². The number of rotatable bonds is 1. The molecule has 2 aromatic carbocycles. The predicted molar refractivity (Wildman–Crippen MR) is 73.5 cm³/mol. The molecule has 1 nitrogen and oxygen atoms in total. The summed E-state index contributed by atoms with van der Waals surface area (Å²) in [7, 11) is 0. The van der Waals surface area contributed by atoms with E-state index in [1.54, 1.807) is 6.07 Å². The lowest BCUT2D eigenvalue weighted by atomic mass is 10.1. The minimum atomic E-state index is -0.00287. The molecule has 0 bridgehead atoms. The van der Waals surface area contributed by atoms with Crippen molar-refractivity contribution in [1.82, 2.24) is 0 Å². The molecule has 2 rings (SSSR count). The van der Waals surface area contributed by atoms with Gasteiger partial charge in [-0.15, -0.1) is 0 Å². The van der Waals surface area contributed by atoms with Gasteiger partial charge in [-0.2, -0.15) is 0 Å². The maximum Gasteiger partial charge on any atom is 0.200 e. The summed E-state index contributed by atoms with van der Waals surface area (Å²) < 4.78 is 1.45. The molecule has 0 heterocycles. The molecule has 16 heavy (non-hydrogen) atoms. The lowest BCUT2D eigenvalue weighted by Gasteiger charge is -1.97. The summed E-state index contributed by atoms with van der Waals surface area (Å²) in [6.07, 6.45) is 0. The van der Waals surface area contributed by atoms with Crippen molar-refractivity contribution < 1.29 is 0 Å². The molecule has 3 heteroatoms. The van der Waals surface area contributed by atoms with Crippen LogP contribution in [0.3, 0.4) is 0 Å². The van der Waals surface area contributed by atoms with Gasteiger partial charge in [-0.25, -0.2) is 0 Å². The molecule has 0 amide bonds. The van der Waals surface area contributed by atoms with Crippen LogP contribution in [0.25, 0.3) is 11.1 Å². The maximum absolute atomic E-state index is 12.1. The summed E-state index contributed by atoms with van der Waals surface area (Å²) in [6.45, 7) is 0. The molecule has 0 fully saturated rings. The van der Waals surface area contributed by atoms with Crippen LogP contribution in [0.5, 0.6) is 0 Å². The van der Waals surface area contributed by atoms with E-state index in [-0.39, 0.29) is 5.43 Å². The Labute approximate surface area is 110 Å². The molecule has 0 aliphatic heterocycles. The van der Waals surface area contributed by atoms with Crippen LogP contribution < -0.4 is 5.43 Å². The SMILES string of the molecule is O=c1c(Br)ccc(Br)cc1-c1ccccc1. The molecular formula is C13H8Br2O. The second kappa shape index (κ2) is 4.93. The van der Waals surface area contributed by atoms with E-state index in [0.29, 0.717) is 10.0 Å². The fourth-order valence-electron chi connectivity index (χ4n) is 1.44. The van der Waals surface area contributed by atoms with Crippen LogP contribution in [0.4, 0.5) is 0 Å². The smallest absolute Gasteiger partial charge is 0.200 e. The van der Waals surface area contributed by atoms with Crippen LogP contribution in [-0.4, -0.2) is 0 Å². The van der Waals surface area contributed by atoms with Crippen molar-refractivity contribution in [1.29, 1.82) is 0 Å². The van der Waals surface area contributed by atoms with E-state index in [1.807, 2.05) is 42.5 Å². The van der Waals surface area contributed by atoms with Crippen LogP contribution in [0.1, 0.15) is 0 Å². The van der Waals surface area contributed by atoms with Gasteiger partial charge in [-0.05, 0) is 39.7 Å². The zero-order valence-corrected chi connectivity index (χ0v) is 11.5. The fraction of sp³-hybridized carbons (Fsp3) is 0. The lowest BCUT2D eigenvalue weighted by molar-refractivity contribution is 1.56. The van der Waals surface area contributed by atoms with E-state index >= 15 is 0 Å². The molecular weight excluding hydrogens is 332 g/mol. The van der Waals surface area contributed by atoms with Crippen LogP contribution in [0, 0.1) is 0 Å². The Hall–Kier alpha value is -0.930. The van der Waals surface area contributed by atoms with E-state index in [1.165, 1.54) is 0 Å². The van der Waals surface area contributed by atoms with E-state index < -0.39 is 0 Å². The summed E-state index contributed by atoms with van der Waals surface area (Å²) >= 11 is 6.67. The largest absolute Gasteiger partial charge is 0.288 e. The number of benzene rings is 1. The monoisotopic (exact) mass is 338 g/mol. The van der Waals surface area contributed by atoms with Gasteiger partial charge in [0.05, 0.1) is 4.47 Å². The number of hydrogen-bond donors (Lipinski definition) is 0. The van der Waals surface area contributed by atoms with Crippen LogP contribution in [0.2, 0.25) is 0 Å². The van der Waals surface area contributed by atoms with Gasteiger partial charge in [0.15, 0.2) is 0 Å². The number of hydrogen-bond acceptors (Lipinski definition) is 1. The van der Waals surface area contributed by atoms with Crippen molar-refractivity contribution in [3.05, 3.63) is 67.7 Å². The van der Waals surface area contributed by atoms with Gasteiger partial charge in [0.25, 0.3) is 0 Å². The fourth-order valence-corrected chi connectivity index (χ4v) is 2.15. The zero-order chi connectivity index (χ0) is 11.5. The summed E-state index contributed by atoms with van der Waals surface area (Å²) in [4.78, 5) is 12.1. The first-order valence-corrected chi connectivity index (χ1v) is 6.32. The highest BCUT2D eigenvalue weighted by molar-refractivity contribution is 9.11. The Morgan fingerprint density at radius 3 is 2.25 bits per heavy atom. The first-order chi connectivity index (χ1) is 7.68. The Balaban J connectivity index is 2.76. The second-order valence-corrected chi connectivity index (χ2v) is 5.09. The van der Waals surface area contributed by atoms with Crippen molar-refractivity contribution in [2.75, 3.05) is 0 Å². The molecule has 0 radical (unpaired) electrons. The Morgan fingerprint density at radius 1 is 0.875 bits per heavy atom. The average Bonchev–Trinajstić information content (AvgIpc) is 2.44. The third-order valence-electron chi connectivity index (χ3n) is 2.22. The first-order valence-electron chi connectivity index (χ1n) is 4.73. The van der Waals surface area contributed by atoms with Gasteiger partial charge in [0, 0.05) is 10.0 Å². The third-order valence-corrected chi connectivity index (χ3v) is 3.34. The van der Waals surface area contributed by atoms with E-state index in [0.717, 1.165) is 10.0 Å². The molecule has 0 atom stereocenters. The molecule has 0 aliphatic rings. The molecule has 0 spiro atoms. The summed E-state index contributed by atoms with van der Waals surface area (Å²) in [5.41, 5.74) is 1.60. The quantitative estimate of drug-likeness (QED) is 0.759. The Kier molecular flexibility index (Phi) is 3.56. The van der Waals surface area contributed by atoms with Gasteiger partial charge < -0.3 is 0 Å². The lowest BCUT2D eigenvalue weighted by Crippen LogP contribution is -2.01. The maximum atomic E-state index is 12.1. The van der Waals surface area contributed by atoms with Crippen LogP contribution in [0.15, 0.2) is 62.3 Å². The average molecular weight is 340 g/mol. The van der Waals surface area contributed by atoms with Gasteiger partial charge in [0.1, 0.15) is 0 Å². The molecule has 0 saturated heterocycles. The summed E-state index contributed by atoms with van der Waals surface area (Å²) in [5, 5.41) is 0. The zero-order valence-electron chi connectivity index (χ0n) is 8.28. The highest BCUT2D eigenvalue weighted by Gasteiger charge is 2.04. The number of halogens is 2. The Morgan fingerprint density at radius 2 is 1.56 bits per heavy atom. The highest BCUT2D eigenvalue weighted by Crippen LogP contribution is 2.20. The van der Waals surface area contributed by atoms with E-state index in [9.17, 15) is 4.79 Å². The Bertz CT molecular complexity index is 565. The van der Waals surface area contributed by atoms with Crippen LogP contribution in [-0.2, 0) is 0 Å². The topological polar surface area (TPSA) is 17.1 Å². The highest BCUT2D eigenvalue weighted by atomic mass is 79.9. The minimum absolute atomic E-state index is 0.00287. The van der Waals surface area contributed by atoms with Gasteiger partial charge >= 0.3 is 0 Å². The van der Waals surface area contributed by atoms with E-state index in [2.05, 4.69) is 31.9 Å². The molecule has 0 N–H and O–H groups in total. The molecule has 2 aromatic rings. The normalized spacial score (nSPS) is 10.1. The minimum Gasteiger partial charge on any atom is -0.288 e. The molecule has 0 unspecified atom stereocenters. The molecule has 0 aliphatic carbocycles. The summed E-state index contributed by atoms with van der Waals surface area (Å²) in [5.74, 6) is 0. The van der Waals surface area contributed by atoms with Gasteiger partial charge in [0.2, 0.25) is 5.43 Å². The molecule has 0 aromatic heterocycles. The standard InChI is InChI=1S/C13H8Br2O/c14-10-6-7-12(15)13(16)11(8-10)9-4-2-1-3-5-9/h1-8H. The molecule has 0 saturated carbocycles. The van der Waals surface area contributed by atoms with Crippen molar-refractivity contribution >= 4 is 31.9 Å². The van der Waals surface area contributed by atoms with Gasteiger partial charge in [-0.3, -0.25) is 4.79 Å². The predicted octanol–water partition coefficient (Wildman–Crippen LogP) is 4.24. The van der Waals surface area contributed by atoms with Crippen molar-refractivity contribution in [3.63, 3.8) is 0 Å². The third kappa shape index (κ3) is 2.42. The van der Waals surface area contributed by atoms with Crippen molar-refractivity contribution in [2.24, 2.45) is 0 Å². The van der Waals surface area contributed by atoms with Crippen molar-refractivity contribution in [2.45, 2.75) is 0 Å².